The van der Waals surface area contributed by atoms with Crippen molar-refractivity contribution in [1.29, 1.82) is 0 Å². The first-order valence-corrected chi connectivity index (χ1v) is 6.26. The van der Waals surface area contributed by atoms with E-state index in [0.717, 1.165) is 31.4 Å². The van der Waals surface area contributed by atoms with Gasteiger partial charge in [0.1, 0.15) is 6.04 Å². The van der Waals surface area contributed by atoms with E-state index < -0.39 is 5.97 Å². The van der Waals surface area contributed by atoms with Crippen molar-refractivity contribution in [1.82, 2.24) is 4.90 Å². The van der Waals surface area contributed by atoms with Crippen LogP contribution >= 0.6 is 11.6 Å². The van der Waals surface area contributed by atoms with Crippen molar-refractivity contribution >= 4 is 17.6 Å². The molecule has 1 fully saturated rings. The Labute approximate surface area is 106 Å². The van der Waals surface area contributed by atoms with Gasteiger partial charge in [0.05, 0.1) is 0 Å². The normalized spacial score (nSPS) is 21.4. The zero-order chi connectivity index (χ0) is 12.3. The molecule has 1 N–H and O–H groups in total. The van der Waals surface area contributed by atoms with Gasteiger partial charge in [-0.1, -0.05) is 30.2 Å². The lowest BCUT2D eigenvalue weighted by Gasteiger charge is -2.32. The summed E-state index contributed by atoms with van der Waals surface area (Å²) in [6.07, 6.45) is 2.84. The summed E-state index contributed by atoms with van der Waals surface area (Å²) in [6.45, 7) is 1.55. The maximum absolute atomic E-state index is 11.1. The van der Waals surface area contributed by atoms with Crippen molar-refractivity contribution < 1.29 is 9.90 Å². The first kappa shape index (κ1) is 12.4. The van der Waals surface area contributed by atoms with Crippen LogP contribution in [0, 0.1) is 0 Å². The molecule has 0 bridgehead atoms. The number of piperidine rings is 1. The molecule has 1 aliphatic heterocycles. The largest absolute Gasteiger partial charge is 0.480 e. The SMILES string of the molecule is O=C(O)[C@@H]1CCCCN1Cc1ccc(Cl)cc1. The van der Waals surface area contributed by atoms with E-state index in [1.165, 1.54) is 0 Å². The van der Waals surface area contributed by atoms with Gasteiger partial charge >= 0.3 is 5.97 Å². The minimum absolute atomic E-state index is 0.334. The molecule has 0 amide bonds. The number of halogens is 1. The molecule has 1 saturated heterocycles. The number of carboxylic acids is 1. The van der Waals surface area contributed by atoms with E-state index in [9.17, 15) is 4.79 Å². The lowest BCUT2D eigenvalue weighted by molar-refractivity contribution is -0.144. The average molecular weight is 254 g/mol. The topological polar surface area (TPSA) is 40.5 Å². The maximum Gasteiger partial charge on any atom is 0.320 e. The molecule has 1 aliphatic rings. The number of hydrogen-bond donors (Lipinski definition) is 1. The van der Waals surface area contributed by atoms with Crippen LogP contribution in [-0.2, 0) is 11.3 Å². The molecule has 1 aromatic carbocycles. The zero-order valence-corrected chi connectivity index (χ0v) is 10.4. The van der Waals surface area contributed by atoms with Gasteiger partial charge < -0.3 is 5.11 Å². The molecule has 3 nitrogen and oxygen atoms in total. The van der Waals surface area contributed by atoms with Gasteiger partial charge in [0.15, 0.2) is 0 Å². The summed E-state index contributed by atoms with van der Waals surface area (Å²) in [5.41, 5.74) is 1.11. The molecular weight excluding hydrogens is 238 g/mol. The highest BCUT2D eigenvalue weighted by molar-refractivity contribution is 6.30. The zero-order valence-electron chi connectivity index (χ0n) is 9.60. The second-order valence-corrected chi connectivity index (χ2v) is 4.88. The molecule has 17 heavy (non-hydrogen) atoms. The standard InChI is InChI=1S/C13H16ClNO2/c14-11-6-4-10(5-7-11)9-15-8-2-1-3-12(15)13(16)17/h4-7,12H,1-3,8-9H2,(H,16,17)/t12-/m0/s1. The van der Waals surface area contributed by atoms with Gasteiger partial charge in [-0.25, -0.2) is 0 Å². The number of benzene rings is 1. The third-order valence-electron chi connectivity index (χ3n) is 3.20. The molecule has 1 aromatic rings. The van der Waals surface area contributed by atoms with E-state index in [1.54, 1.807) is 0 Å². The fraction of sp³-hybridized carbons (Fsp3) is 0.462. The van der Waals surface area contributed by atoms with Crippen molar-refractivity contribution in [3.8, 4) is 0 Å². The molecule has 0 radical (unpaired) electrons. The average Bonchev–Trinajstić information content (AvgIpc) is 2.32. The van der Waals surface area contributed by atoms with Gasteiger partial charge in [0.2, 0.25) is 0 Å². The minimum atomic E-state index is -0.710. The Bertz CT molecular complexity index is 391. The molecule has 0 aliphatic carbocycles. The summed E-state index contributed by atoms with van der Waals surface area (Å²) >= 11 is 5.83. The van der Waals surface area contributed by atoms with Crippen LogP contribution in [0.3, 0.4) is 0 Å². The van der Waals surface area contributed by atoms with Crippen molar-refractivity contribution in [2.45, 2.75) is 31.8 Å². The number of nitrogens with zero attached hydrogens (tertiary/aromatic N) is 1. The molecular formula is C13H16ClNO2. The molecule has 0 saturated carbocycles. The van der Waals surface area contributed by atoms with Crippen LogP contribution in [0.15, 0.2) is 24.3 Å². The predicted molar refractivity (Wildman–Crippen MR) is 67.1 cm³/mol. The highest BCUT2D eigenvalue weighted by atomic mass is 35.5. The summed E-state index contributed by atoms with van der Waals surface area (Å²) < 4.78 is 0. The molecule has 0 unspecified atom stereocenters. The quantitative estimate of drug-likeness (QED) is 0.901. The van der Waals surface area contributed by atoms with Crippen LogP contribution < -0.4 is 0 Å². The van der Waals surface area contributed by atoms with Gasteiger partial charge in [-0.3, -0.25) is 9.69 Å². The number of carboxylic acid groups (broad SMARTS) is 1. The van der Waals surface area contributed by atoms with Crippen molar-refractivity contribution in [2.75, 3.05) is 6.54 Å². The summed E-state index contributed by atoms with van der Waals surface area (Å²) in [4.78, 5) is 13.2. The predicted octanol–water partition coefficient (Wildman–Crippen LogP) is 2.78. The highest BCUT2D eigenvalue weighted by Crippen LogP contribution is 2.20. The first-order chi connectivity index (χ1) is 8.16. The van der Waals surface area contributed by atoms with Crippen LogP contribution in [0.25, 0.3) is 0 Å². The molecule has 0 aromatic heterocycles. The van der Waals surface area contributed by atoms with Gasteiger partial charge in [-0.15, -0.1) is 0 Å². The lowest BCUT2D eigenvalue weighted by atomic mass is 10.0. The fourth-order valence-electron chi connectivity index (χ4n) is 2.28. The number of carbonyl (C=O) groups is 1. The Kier molecular flexibility index (Phi) is 4.02. The first-order valence-electron chi connectivity index (χ1n) is 5.88. The Hall–Kier alpha value is -1.06. The number of likely N-dealkylation sites (tertiary alicyclic amines) is 1. The molecule has 92 valence electrons. The Morgan fingerprint density at radius 1 is 1.35 bits per heavy atom. The van der Waals surface area contributed by atoms with Crippen LogP contribution in [0.1, 0.15) is 24.8 Å². The lowest BCUT2D eigenvalue weighted by Crippen LogP contribution is -2.43. The van der Waals surface area contributed by atoms with Crippen molar-refractivity contribution in [3.05, 3.63) is 34.9 Å². The van der Waals surface area contributed by atoms with Gasteiger partial charge in [-0.05, 0) is 37.1 Å². The van der Waals surface area contributed by atoms with Crippen LogP contribution in [0.2, 0.25) is 5.02 Å². The summed E-state index contributed by atoms with van der Waals surface area (Å²) in [7, 11) is 0. The van der Waals surface area contributed by atoms with Crippen LogP contribution in [0.4, 0.5) is 0 Å². The molecule has 0 spiro atoms. The number of rotatable bonds is 3. The summed E-state index contributed by atoms with van der Waals surface area (Å²) in [5.74, 6) is -0.710. The second-order valence-electron chi connectivity index (χ2n) is 4.45. The van der Waals surface area contributed by atoms with E-state index in [0.29, 0.717) is 11.6 Å². The van der Waals surface area contributed by atoms with E-state index >= 15 is 0 Å². The van der Waals surface area contributed by atoms with Gasteiger partial charge in [0, 0.05) is 11.6 Å². The van der Waals surface area contributed by atoms with Gasteiger partial charge in [0.25, 0.3) is 0 Å². The highest BCUT2D eigenvalue weighted by Gasteiger charge is 2.27. The molecule has 1 atom stereocenters. The Morgan fingerprint density at radius 2 is 2.06 bits per heavy atom. The van der Waals surface area contributed by atoms with Crippen molar-refractivity contribution in [3.63, 3.8) is 0 Å². The van der Waals surface area contributed by atoms with Crippen LogP contribution in [-0.4, -0.2) is 28.6 Å². The summed E-state index contributed by atoms with van der Waals surface area (Å²) in [5, 5.41) is 9.88. The second kappa shape index (κ2) is 5.52. The van der Waals surface area contributed by atoms with E-state index in [4.69, 9.17) is 16.7 Å². The third-order valence-corrected chi connectivity index (χ3v) is 3.45. The summed E-state index contributed by atoms with van der Waals surface area (Å²) in [6, 6.07) is 7.26. The maximum atomic E-state index is 11.1. The molecule has 4 heteroatoms. The van der Waals surface area contributed by atoms with Crippen molar-refractivity contribution in [2.24, 2.45) is 0 Å². The molecule has 1 heterocycles. The molecule has 2 rings (SSSR count). The van der Waals surface area contributed by atoms with E-state index in [2.05, 4.69) is 0 Å². The van der Waals surface area contributed by atoms with Crippen LogP contribution in [0.5, 0.6) is 0 Å². The fourth-order valence-corrected chi connectivity index (χ4v) is 2.41. The van der Waals surface area contributed by atoms with E-state index in [1.807, 2.05) is 29.2 Å². The number of aliphatic carboxylic acids is 1. The van der Waals surface area contributed by atoms with Gasteiger partial charge in [-0.2, -0.15) is 0 Å². The third kappa shape index (κ3) is 3.20. The monoisotopic (exact) mass is 253 g/mol. The number of hydrogen-bond acceptors (Lipinski definition) is 2. The Balaban J connectivity index is 2.05. The Morgan fingerprint density at radius 3 is 2.71 bits per heavy atom. The minimum Gasteiger partial charge on any atom is -0.480 e. The van der Waals surface area contributed by atoms with E-state index in [-0.39, 0.29) is 6.04 Å². The smallest absolute Gasteiger partial charge is 0.320 e.